The van der Waals surface area contributed by atoms with Gasteiger partial charge in [0.15, 0.2) is 6.29 Å². The van der Waals surface area contributed by atoms with Gasteiger partial charge in [0.2, 0.25) is 0 Å². The van der Waals surface area contributed by atoms with Crippen LogP contribution in [-0.4, -0.2) is 24.9 Å². The second-order valence-corrected chi connectivity index (χ2v) is 4.52. The van der Waals surface area contributed by atoms with Crippen molar-refractivity contribution < 1.29 is 9.47 Å². The van der Waals surface area contributed by atoms with E-state index in [9.17, 15) is 0 Å². The standard InChI is InChI=1S/C14H27ClO2/c1-4-7-9-10-13(6-3)17-14(12-15)16-11-8-5-2/h6,13-14H,3-5,7-12H2,1-2H3. The van der Waals surface area contributed by atoms with Gasteiger partial charge in [-0.1, -0.05) is 45.6 Å². The molecule has 0 spiro atoms. The predicted molar refractivity (Wildman–Crippen MR) is 74.6 cm³/mol. The Bertz CT molecular complexity index is 174. The summed E-state index contributed by atoms with van der Waals surface area (Å²) in [7, 11) is 0. The van der Waals surface area contributed by atoms with E-state index < -0.39 is 0 Å². The Labute approximate surface area is 111 Å². The first-order valence-electron chi connectivity index (χ1n) is 6.74. The maximum absolute atomic E-state index is 5.82. The minimum absolute atomic E-state index is 0.0620. The Hall–Kier alpha value is -0.0500. The van der Waals surface area contributed by atoms with Gasteiger partial charge in [-0.15, -0.1) is 18.2 Å². The van der Waals surface area contributed by atoms with Crippen LogP contribution in [0.1, 0.15) is 52.4 Å². The van der Waals surface area contributed by atoms with Gasteiger partial charge in [-0.05, 0) is 12.8 Å². The van der Waals surface area contributed by atoms with Gasteiger partial charge in [0.05, 0.1) is 12.0 Å². The summed E-state index contributed by atoms with van der Waals surface area (Å²) in [5, 5.41) is 0. The second kappa shape index (κ2) is 12.4. The molecular weight excluding hydrogens is 236 g/mol. The number of alkyl halides is 1. The summed E-state index contributed by atoms with van der Waals surface area (Å²) in [5.74, 6) is 0.377. The second-order valence-electron chi connectivity index (χ2n) is 4.21. The molecule has 2 atom stereocenters. The number of rotatable bonds is 12. The third-order valence-corrected chi connectivity index (χ3v) is 2.86. The Morgan fingerprint density at radius 2 is 1.88 bits per heavy atom. The smallest absolute Gasteiger partial charge is 0.171 e. The van der Waals surface area contributed by atoms with Gasteiger partial charge in [0, 0.05) is 6.61 Å². The molecule has 0 bridgehead atoms. The lowest BCUT2D eigenvalue weighted by Gasteiger charge is -2.21. The highest BCUT2D eigenvalue weighted by atomic mass is 35.5. The molecule has 0 saturated heterocycles. The molecule has 17 heavy (non-hydrogen) atoms. The van der Waals surface area contributed by atoms with E-state index in [1.165, 1.54) is 12.8 Å². The fourth-order valence-electron chi connectivity index (χ4n) is 1.51. The molecule has 0 aromatic carbocycles. The van der Waals surface area contributed by atoms with Crippen LogP contribution in [0, 0.1) is 0 Å². The Balaban J connectivity index is 3.81. The molecule has 0 aromatic heterocycles. The maximum atomic E-state index is 5.82. The minimum Gasteiger partial charge on any atom is -0.351 e. The Morgan fingerprint density at radius 3 is 2.41 bits per heavy atom. The van der Waals surface area contributed by atoms with E-state index in [2.05, 4.69) is 20.4 Å². The zero-order valence-corrected chi connectivity index (χ0v) is 12.0. The van der Waals surface area contributed by atoms with Crippen LogP contribution < -0.4 is 0 Å². The zero-order chi connectivity index (χ0) is 12.9. The predicted octanol–water partition coefficient (Wildman–Crippen LogP) is 4.52. The molecule has 0 fully saturated rings. The molecule has 0 amide bonds. The van der Waals surface area contributed by atoms with Crippen molar-refractivity contribution >= 4 is 11.6 Å². The van der Waals surface area contributed by atoms with Crippen molar-refractivity contribution in [3.8, 4) is 0 Å². The molecule has 3 heteroatoms. The molecule has 0 aliphatic heterocycles. The van der Waals surface area contributed by atoms with Crippen molar-refractivity contribution in [1.29, 1.82) is 0 Å². The largest absolute Gasteiger partial charge is 0.351 e. The van der Waals surface area contributed by atoms with E-state index >= 15 is 0 Å². The van der Waals surface area contributed by atoms with Crippen LogP contribution in [0.5, 0.6) is 0 Å². The molecule has 102 valence electrons. The van der Waals surface area contributed by atoms with E-state index in [0.29, 0.717) is 12.5 Å². The lowest BCUT2D eigenvalue weighted by Crippen LogP contribution is -2.25. The average molecular weight is 263 g/mol. The molecule has 0 radical (unpaired) electrons. The third-order valence-electron chi connectivity index (χ3n) is 2.61. The molecule has 0 saturated carbocycles. The van der Waals surface area contributed by atoms with Gasteiger partial charge in [0.25, 0.3) is 0 Å². The Morgan fingerprint density at radius 1 is 1.18 bits per heavy atom. The highest BCUT2D eigenvalue weighted by molar-refractivity contribution is 6.18. The van der Waals surface area contributed by atoms with Crippen molar-refractivity contribution in [1.82, 2.24) is 0 Å². The van der Waals surface area contributed by atoms with Crippen molar-refractivity contribution in [2.24, 2.45) is 0 Å². The van der Waals surface area contributed by atoms with Gasteiger partial charge < -0.3 is 9.47 Å². The number of unbranched alkanes of at least 4 members (excludes halogenated alkanes) is 3. The normalized spacial score (nSPS) is 14.5. The molecular formula is C14H27ClO2. The number of halogens is 1. The highest BCUT2D eigenvalue weighted by Crippen LogP contribution is 2.12. The first kappa shape index (κ1) is 16.9. The summed E-state index contributed by atoms with van der Waals surface area (Å²) in [6, 6.07) is 0. The van der Waals surface area contributed by atoms with E-state index in [1.54, 1.807) is 0 Å². The summed E-state index contributed by atoms with van der Waals surface area (Å²) >= 11 is 5.82. The molecule has 0 aliphatic rings. The summed E-state index contributed by atoms with van der Waals surface area (Å²) in [6.45, 7) is 8.84. The zero-order valence-electron chi connectivity index (χ0n) is 11.3. The average Bonchev–Trinajstić information content (AvgIpc) is 2.36. The van der Waals surface area contributed by atoms with Crippen LogP contribution in [0.4, 0.5) is 0 Å². The van der Waals surface area contributed by atoms with Gasteiger partial charge in [-0.2, -0.15) is 0 Å². The van der Waals surface area contributed by atoms with Gasteiger partial charge in [-0.3, -0.25) is 0 Å². The first-order chi connectivity index (χ1) is 8.28. The van der Waals surface area contributed by atoms with Crippen molar-refractivity contribution in [3.63, 3.8) is 0 Å². The van der Waals surface area contributed by atoms with Crippen LogP contribution >= 0.6 is 11.6 Å². The van der Waals surface area contributed by atoms with Crippen LogP contribution in [0.25, 0.3) is 0 Å². The minimum atomic E-state index is -0.298. The molecule has 0 aliphatic carbocycles. The van der Waals surface area contributed by atoms with Crippen LogP contribution in [0.2, 0.25) is 0 Å². The number of hydrogen-bond acceptors (Lipinski definition) is 2. The van der Waals surface area contributed by atoms with Crippen molar-refractivity contribution in [2.75, 3.05) is 12.5 Å². The summed E-state index contributed by atoms with van der Waals surface area (Å²) < 4.78 is 11.3. The van der Waals surface area contributed by atoms with Gasteiger partial charge >= 0.3 is 0 Å². The van der Waals surface area contributed by atoms with Crippen LogP contribution in [0.3, 0.4) is 0 Å². The van der Waals surface area contributed by atoms with Crippen molar-refractivity contribution in [2.45, 2.75) is 64.8 Å². The topological polar surface area (TPSA) is 18.5 Å². The van der Waals surface area contributed by atoms with Crippen molar-refractivity contribution in [3.05, 3.63) is 12.7 Å². The molecule has 0 aromatic rings. The lowest BCUT2D eigenvalue weighted by molar-refractivity contribution is -0.148. The quantitative estimate of drug-likeness (QED) is 0.223. The fourth-order valence-corrected chi connectivity index (χ4v) is 1.67. The molecule has 2 nitrogen and oxygen atoms in total. The van der Waals surface area contributed by atoms with Gasteiger partial charge in [-0.25, -0.2) is 0 Å². The van der Waals surface area contributed by atoms with Crippen LogP contribution in [-0.2, 0) is 9.47 Å². The summed E-state index contributed by atoms with van der Waals surface area (Å²) in [4.78, 5) is 0. The number of hydrogen-bond donors (Lipinski definition) is 0. The summed E-state index contributed by atoms with van der Waals surface area (Å²) in [5.41, 5.74) is 0. The summed E-state index contributed by atoms with van der Waals surface area (Å²) in [6.07, 6.45) is 8.39. The van der Waals surface area contributed by atoms with E-state index in [1.807, 2.05) is 6.08 Å². The van der Waals surface area contributed by atoms with E-state index in [0.717, 1.165) is 25.7 Å². The first-order valence-corrected chi connectivity index (χ1v) is 7.27. The Kier molecular flexibility index (Phi) is 12.4. The molecule has 0 N–H and O–H groups in total. The van der Waals surface area contributed by atoms with Crippen LogP contribution in [0.15, 0.2) is 12.7 Å². The van der Waals surface area contributed by atoms with Gasteiger partial charge in [0.1, 0.15) is 0 Å². The third kappa shape index (κ3) is 9.63. The SMILES string of the molecule is C=CC(CCCCC)OC(CCl)OCCCC. The maximum Gasteiger partial charge on any atom is 0.171 e. The fraction of sp³-hybridized carbons (Fsp3) is 0.857. The monoisotopic (exact) mass is 262 g/mol. The van der Waals surface area contributed by atoms with E-state index in [4.69, 9.17) is 21.1 Å². The number of ether oxygens (including phenoxy) is 2. The lowest BCUT2D eigenvalue weighted by atomic mass is 10.1. The molecule has 0 rings (SSSR count). The highest BCUT2D eigenvalue weighted by Gasteiger charge is 2.13. The van der Waals surface area contributed by atoms with E-state index in [-0.39, 0.29) is 12.4 Å². The molecule has 0 heterocycles. The molecule has 2 unspecified atom stereocenters.